The summed E-state index contributed by atoms with van der Waals surface area (Å²) in [6, 6.07) is 9.10. The fourth-order valence-electron chi connectivity index (χ4n) is 3.89. The Balaban J connectivity index is 1.41. The van der Waals surface area contributed by atoms with Crippen molar-refractivity contribution in [1.29, 1.82) is 0 Å². The number of hydrogen-bond donors (Lipinski definition) is 1. The Morgan fingerprint density at radius 2 is 2.00 bits per heavy atom. The average molecular weight is 374 g/mol. The molecule has 5 rings (SSSR count). The molecule has 132 valence electrons. The molecule has 0 aliphatic carbocycles. The van der Waals surface area contributed by atoms with Crippen LogP contribution in [0.2, 0.25) is 0 Å². The molecule has 4 nitrogen and oxygen atoms in total. The summed E-state index contributed by atoms with van der Waals surface area (Å²) in [6.07, 6.45) is 4.20. The smallest absolute Gasteiger partial charge is 0.280 e. The zero-order valence-corrected chi connectivity index (χ0v) is 16.2. The Hall–Kier alpha value is -1.37. The van der Waals surface area contributed by atoms with Gasteiger partial charge in [-0.15, -0.1) is 11.3 Å². The lowest BCUT2D eigenvalue weighted by Gasteiger charge is -2.49. The summed E-state index contributed by atoms with van der Waals surface area (Å²) in [7, 11) is 0. The number of hydrogen-bond acceptors (Lipinski definition) is 5. The van der Waals surface area contributed by atoms with Gasteiger partial charge in [0, 0.05) is 17.0 Å². The molecule has 1 N–H and O–H groups in total. The van der Waals surface area contributed by atoms with E-state index in [4.69, 9.17) is 0 Å². The second-order valence-corrected chi connectivity index (χ2v) is 9.42. The van der Waals surface area contributed by atoms with E-state index in [1.807, 2.05) is 6.20 Å². The molecule has 2 unspecified atom stereocenters. The monoisotopic (exact) mass is 373 g/mol. The van der Waals surface area contributed by atoms with E-state index in [0.717, 1.165) is 4.21 Å². The minimum Gasteiger partial charge on any atom is -0.345 e. The highest BCUT2D eigenvalue weighted by molar-refractivity contribution is 8.01. The van der Waals surface area contributed by atoms with Crippen molar-refractivity contribution in [2.75, 3.05) is 13.1 Å². The third kappa shape index (κ3) is 3.61. The van der Waals surface area contributed by atoms with Gasteiger partial charge in [-0.25, -0.2) is 4.98 Å². The number of carbonyl (C=O) groups excluding carboxylic acids is 1. The maximum atomic E-state index is 12.7. The highest BCUT2D eigenvalue weighted by Gasteiger charge is 2.40. The van der Waals surface area contributed by atoms with Crippen molar-refractivity contribution in [3.63, 3.8) is 0 Å². The summed E-state index contributed by atoms with van der Waals surface area (Å²) in [5.41, 5.74) is 1.25. The van der Waals surface area contributed by atoms with Crippen molar-refractivity contribution in [3.05, 3.63) is 41.0 Å². The molecule has 0 spiro atoms. The summed E-state index contributed by atoms with van der Waals surface area (Å²) in [5, 5.41) is 3.83. The van der Waals surface area contributed by atoms with E-state index >= 15 is 0 Å². The number of thiazole rings is 1. The Morgan fingerprint density at radius 3 is 2.68 bits per heavy atom. The quantitative estimate of drug-likeness (QED) is 0.885. The van der Waals surface area contributed by atoms with Crippen molar-refractivity contribution in [2.45, 2.75) is 47.9 Å². The van der Waals surface area contributed by atoms with Crippen molar-refractivity contribution in [2.24, 2.45) is 5.92 Å². The number of benzene rings is 1. The van der Waals surface area contributed by atoms with Crippen LogP contribution in [0.4, 0.5) is 0 Å². The number of amides is 1. The highest BCUT2D eigenvalue weighted by atomic mass is 32.2. The van der Waals surface area contributed by atoms with Crippen LogP contribution >= 0.6 is 23.1 Å². The van der Waals surface area contributed by atoms with Gasteiger partial charge in [0.15, 0.2) is 5.01 Å². The number of nitrogens with one attached hydrogen (secondary N) is 1. The number of rotatable bonds is 4. The van der Waals surface area contributed by atoms with Crippen LogP contribution in [-0.4, -0.2) is 41.0 Å². The summed E-state index contributed by atoms with van der Waals surface area (Å²) in [4.78, 5) is 20.7. The van der Waals surface area contributed by atoms with Crippen molar-refractivity contribution in [1.82, 2.24) is 15.2 Å². The highest BCUT2D eigenvalue weighted by Crippen LogP contribution is 2.34. The van der Waals surface area contributed by atoms with Gasteiger partial charge in [0.1, 0.15) is 0 Å². The average Bonchev–Trinajstić information content (AvgIpc) is 3.09. The minimum absolute atomic E-state index is 0.0219. The third-order valence-corrected chi connectivity index (χ3v) is 7.50. The van der Waals surface area contributed by atoms with Crippen LogP contribution in [0.3, 0.4) is 0 Å². The minimum atomic E-state index is -0.0219. The molecule has 0 radical (unpaired) electrons. The number of aromatic nitrogens is 1. The standard InChI is InChI=1S/C19H23N3OS2/c1-12-3-5-15(6-4-12)24-16-11-20-19(25-16)18(23)21-17-13(2)22-9-7-14(17)8-10-22/h3-6,11,13-14,17H,7-10H2,1-2H3,(H,21,23). The topological polar surface area (TPSA) is 45.2 Å². The summed E-state index contributed by atoms with van der Waals surface area (Å²) < 4.78 is 1.05. The van der Waals surface area contributed by atoms with Crippen molar-refractivity contribution < 1.29 is 4.79 Å². The van der Waals surface area contributed by atoms with Gasteiger partial charge in [0.25, 0.3) is 5.91 Å². The van der Waals surface area contributed by atoms with Gasteiger partial charge < -0.3 is 5.32 Å². The van der Waals surface area contributed by atoms with E-state index in [0.29, 0.717) is 17.0 Å². The molecule has 3 aliphatic rings. The maximum absolute atomic E-state index is 12.7. The summed E-state index contributed by atoms with van der Waals surface area (Å²) >= 11 is 3.14. The number of nitrogens with zero attached hydrogens (tertiary/aromatic N) is 2. The van der Waals surface area contributed by atoms with Crippen LogP contribution in [0.25, 0.3) is 0 Å². The van der Waals surface area contributed by atoms with E-state index in [1.165, 1.54) is 47.7 Å². The molecule has 2 bridgehead atoms. The fourth-order valence-corrected chi connectivity index (χ4v) is 5.75. The summed E-state index contributed by atoms with van der Waals surface area (Å²) in [6.45, 7) is 6.66. The van der Waals surface area contributed by atoms with Gasteiger partial charge in [-0.3, -0.25) is 9.69 Å². The van der Waals surface area contributed by atoms with E-state index in [2.05, 4.69) is 53.3 Å². The van der Waals surface area contributed by atoms with Gasteiger partial charge in [-0.05, 0) is 57.8 Å². The van der Waals surface area contributed by atoms with E-state index in [1.54, 1.807) is 11.8 Å². The first kappa shape index (κ1) is 17.1. The van der Waals surface area contributed by atoms with Gasteiger partial charge in [0.2, 0.25) is 0 Å². The van der Waals surface area contributed by atoms with Gasteiger partial charge in [-0.1, -0.05) is 29.5 Å². The van der Waals surface area contributed by atoms with Crippen molar-refractivity contribution >= 4 is 29.0 Å². The largest absolute Gasteiger partial charge is 0.345 e. The number of fused-ring (bicyclic) bond motifs is 3. The second kappa shape index (κ2) is 7.09. The molecule has 6 heteroatoms. The summed E-state index contributed by atoms with van der Waals surface area (Å²) in [5.74, 6) is 0.594. The van der Waals surface area contributed by atoms with Gasteiger partial charge in [-0.2, -0.15) is 0 Å². The molecule has 2 aromatic rings. The predicted octanol–water partition coefficient (Wildman–Crippen LogP) is 3.82. The molecule has 3 aliphatic heterocycles. The normalized spacial score (nSPS) is 28.1. The van der Waals surface area contributed by atoms with Crippen LogP contribution in [0.15, 0.2) is 39.6 Å². The van der Waals surface area contributed by atoms with Crippen LogP contribution in [0.1, 0.15) is 35.1 Å². The fraction of sp³-hybridized carbons (Fsp3) is 0.474. The van der Waals surface area contributed by atoms with Crippen LogP contribution in [-0.2, 0) is 0 Å². The number of aryl methyl sites for hydroxylation is 1. The first-order valence-corrected chi connectivity index (χ1v) is 10.5. The molecule has 4 heterocycles. The van der Waals surface area contributed by atoms with Crippen molar-refractivity contribution in [3.8, 4) is 0 Å². The Bertz CT molecular complexity index is 748. The number of carbonyl (C=O) groups is 1. The molecule has 3 saturated heterocycles. The zero-order valence-electron chi connectivity index (χ0n) is 14.6. The predicted molar refractivity (Wildman–Crippen MR) is 102 cm³/mol. The lowest BCUT2D eigenvalue weighted by atomic mass is 9.79. The van der Waals surface area contributed by atoms with Crippen LogP contribution < -0.4 is 5.32 Å². The maximum Gasteiger partial charge on any atom is 0.280 e. The molecule has 1 aromatic heterocycles. The van der Waals surface area contributed by atoms with E-state index in [9.17, 15) is 4.79 Å². The Labute approximate surface area is 157 Å². The second-order valence-electron chi connectivity index (χ2n) is 7.01. The first-order valence-electron chi connectivity index (χ1n) is 8.85. The molecule has 3 fully saturated rings. The van der Waals surface area contributed by atoms with E-state index in [-0.39, 0.29) is 11.9 Å². The SMILES string of the molecule is Cc1ccc(Sc2cnc(C(=O)NC3C4CCN(CC4)C3C)s2)cc1. The lowest BCUT2D eigenvalue weighted by Crippen LogP contribution is -2.62. The van der Waals surface area contributed by atoms with Gasteiger partial charge >= 0.3 is 0 Å². The van der Waals surface area contributed by atoms with Gasteiger partial charge in [0.05, 0.1) is 10.4 Å². The molecular weight excluding hydrogens is 350 g/mol. The molecule has 1 amide bonds. The molecule has 25 heavy (non-hydrogen) atoms. The van der Waals surface area contributed by atoms with Crippen LogP contribution in [0, 0.1) is 12.8 Å². The van der Waals surface area contributed by atoms with E-state index < -0.39 is 0 Å². The lowest BCUT2D eigenvalue weighted by molar-refractivity contribution is 0.0217. The molecule has 1 aromatic carbocycles. The molecular formula is C19H23N3OS2. The molecule has 2 atom stereocenters. The molecule has 0 saturated carbocycles. The Morgan fingerprint density at radius 1 is 1.28 bits per heavy atom. The Kier molecular flexibility index (Phi) is 4.84. The zero-order chi connectivity index (χ0) is 17.4. The van der Waals surface area contributed by atoms with Crippen LogP contribution in [0.5, 0.6) is 0 Å². The third-order valence-electron chi connectivity index (χ3n) is 5.39. The first-order chi connectivity index (χ1) is 12.1. The number of piperidine rings is 3.